The summed E-state index contributed by atoms with van der Waals surface area (Å²) in [5.74, 6) is -0.205. The topological polar surface area (TPSA) is 80.0 Å². The van der Waals surface area contributed by atoms with Crippen LogP contribution in [0.25, 0.3) is 22.1 Å². The molecule has 1 aliphatic heterocycles. The smallest absolute Gasteiger partial charge is 0.416 e. The van der Waals surface area contributed by atoms with E-state index in [9.17, 15) is 23.1 Å². The lowest BCUT2D eigenvalue weighted by Crippen LogP contribution is -2.67. The number of halogens is 4. The van der Waals surface area contributed by atoms with Crippen LogP contribution in [0.15, 0.2) is 101 Å². The second kappa shape index (κ2) is 11.9. The monoisotopic (exact) mass is 781 g/mol. The number of amides is 1. The zero-order valence-electron chi connectivity index (χ0n) is 31.3. The van der Waals surface area contributed by atoms with Gasteiger partial charge in [-0.25, -0.2) is 4.79 Å². The third-order valence-electron chi connectivity index (χ3n) is 15.5. The summed E-state index contributed by atoms with van der Waals surface area (Å²) >= 11 is 6.40. The molecule has 6 aliphatic carbocycles. The van der Waals surface area contributed by atoms with Crippen LogP contribution in [-0.4, -0.2) is 40.1 Å². The molecule has 11 rings (SSSR count). The Kier molecular flexibility index (Phi) is 7.63. The highest BCUT2D eigenvalue weighted by molar-refractivity contribution is 6.33. The molecule has 1 saturated heterocycles. The maximum Gasteiger partial charge on any atom is 0.416 e. The quantitative estimate of drug-likeness (QED) is 0.161. The van der Waals surface area contributed by atoms with Crippen molar-refractivity contribution in [2.45, 2.75) is 83.2 Å². The van der Waals surface area contributed by atoms with Gasteiger partial charge in [0.15, 0.2) is 5.76 Å². The molecular weight excluding hydrogens is 739 g/mol. The minimum atomic E-state index is -4.58. The molecule has 0 radical (unpaired) electrons. The molecule has 1 aromatic heterocycles. The van der Waals surface area contributed by atoms with Gasteiger partial charge in [-0.15, -0.1) is 0 Å². The molecule has 3 aromatic carbocycles. The first-order valence-corrected chi connectivity index (χ1v) is 20.1. The van der Waals surface area contributed by atoms with Crippen molar-refractivity contribution in [3.05, 3.63) is 119 Å². The van der Waals surface area contributed by atoms with Crippen molar-refractivity contribution < 1.29 is 37.0 Å². The van der Waals surface area contributed by atoms with Gasteiger partial charge in [0.25, 0.3) is 0 Å². The summed E-state index contributed by atoms with van der Waals surface area (Å²) in [6.45, 7) is 5.46. The lowest BCUT2D eigenvalue weighted by Gasteiger charge is -2.71. The van der Waals surface area contributed by atoms with Crippen molar-refractivity contribution in [2.24, 2.45) is 33.5 Å². The summed E-state index contributed by atoms with van der Waals surface area (Å²) in [7, 11) is 0. The van der Waals surface area contributed by atoms with Gasteiger partial charge in [-0.1, -0.05) is 86.1 Å². The number of Topliss-reactive ketones (excluding diaryl/α,β-unsaturated/α-hetero) is 1. The van der Waals surface area contributed by atoms with E-state index in [1.807, 2.05) is 23.1 Å². The van der Waals surface area contributed by atoms with Crippen molar-refractivity contribution in [1.29, 1.82) is 0 Å². The Balaban J connectivity index is 1.04. The third kappa shape index (κ3) is 4.73. The number of rotatable bonds is 5. The Morgan fingerprint density at radius 3 is 2.50 bits per heavy atom. The van der Waals surface area contributed by atoms with E-state index < -0.39 is 39.7 Å². The van der Waals surface area contributed by atoms with E-state index in [-0.39, 0.29) is 51.2 Å². The first-order valence-electron chi connectivity index (χ1n) is 19.7. The molecule has 7 aliphatic rings. The number of hydrogen-bond donors (Lipinski definition) is 1. The van der Waals surface area contributed by atoms with E-state index in [0.717, 1.165) is 54.2 Å². The average Bonchev–Trinajstić information content (AvgIpc) is 3.86. The number of fused-ring (bicyclic) bond motifs is 3. The molecule has 8 unspecified atom stereocenters. The first kappa shape index (κ1) is 36.0. The SMILES string of the molecule is CC12CCC(O)CC13C=CC1(C(C(=O)c4ccc(-c5cc(C(F)(F)F)ccc5Cl)o4)=C3)C2CCC2(C)C1CCC21CN(Cc2cccc3ccccc23)C(=O)O1. The molecule has 56 heavy (non-hydrogen) atoms. The third-order valence-corrected chi connectivity index (χ3v) is 15.9. The van der Waals surface area contributed by atoms with E-state index in [1.54, 1.807) is 0 Å². The van der Waals surface area contributed by atoms with Gasteiger partial charge in [0.05, 0.1) is 23.2 Å². The predicted octanol–water partition coefficient (Wildman–Crippen LogP) is 11.2. The fraction of sp³-hybridized carbons (Fsp3) is 0.435. The van der Waals surface area contributed by atoms with E-state index in [4.69, 9.17) is 20.8 Å². The zero-order valence-corrected chi connectivity index (χ0v) is 32.1. The normalized spacial score (nSPS) is 35.7. The molecule has 10 heteroatoms. The number of nitrogens with zero attached hydrogens (tertiary/aromatic N) is 1. The van der Waals surface area contributed by atoms with Crippen molar-refractivity contribution in [3.8, 4) is 11.3 Å². The second-order valence-electron chi connectivity index (χ2n) is 17.8. The standard InChI is InChI=1S/C46H43ClF3NO5/c1-41-17-14-30(52)23-43(41)20-21-45(33(24-43)39(53)36-13-12-35(55-36)32-22-29(46(48,49)50)10-11-34(32)47)37(41)15-18-42(2)38(45)16-19-44(42)26-51(40(54)56-44)25-28-8-5-7-27-6-3-4-9-31(27)28/h3-13,20-22,24,30,37-38,52H,14-19,23,25-26H2,1-2H3. The van der Waals surface area contributed by atoms with Crippen LogP contribution in [0.1, 0.15) is 80.5 Å². The van der Waals surface area contributed by atoms with Crippen molar-refractivity contribution in [3.63, 3.8) is 0 Å². The van der Waals surface area contributed by atoms with E-state index in [1.165, 1.54) is 18.2 Å². The van der Waals surface area contributed by atoms with Crippen molar-refractivity contribution in [2.75, 3.05) is 6.54 Å². The molecule has 1 amide bonds. The van der Waals surface area contributed by atoms with Crippen LogP contribution in [0.4, 0.5) is 18.0 Å². The predicted molar refractivity (Wildman–Crippen MR) is 206 cm³/mol. The van der Waals surface area contributed by atoms with Gasteiger partial charge in [-0.05, 0) is 109 Å². The van der Waals surface area contributed by atoms with Crippen LogP contribution in [0.2, 0.25) is 5.02 Å². The summed E-state index contributed by atoms with van der Waals surface area (Å²) in [4.78, 5) is 30.8. The van der Waals surface area contributed by atoms with Crippen LogP contribution >= 0.6 is 11.6 Å². The molecule has 6 nitrogen and oxygen atoms in total. The molecule has 3 saturated carbocycles. The molecule has 2 heterocycles. The largest absolute Gasteiger partial charge is 0.453 e. The first-order chi connectivity index (χ1) is 26.6. The minimum absolute atomic E-state index is 0.0248. The second-order valence-corrected chi connectivity index (χ2v) is 18.2. The number of aliphatic hydroxyl groups excluding tert-OH is 1. The number of alkyl halides is 3. The Morgan fingerprint density at radius 2 is 1.68 bits per heavy atom. The Bertz CT molecular complexity index is 2400. The number of ketones is 1. The Labute approximate surface area is 328 Å². The molecule has 4 fully saturated rings. The fourth-order valence-corrected chi connectivity index (χ4v) is 13.0. The highest BCUT2D eigenvalue weighted by Crippen LogP contribution is 2.79. The van der Waals surface area contributed by atoms with Crippen LogP contribution in [-0.2, 0) is 17.5 Å². The summed E-state index contributed by atoms with van der Waals surface area (Å²) in [6, 6.07) is 20.4. The fourth-order valence-electron chi connectivity index (χ4n) is 12.8. The van der Waals surface area contributed by atoms with E-state index in [2.05, 4.69) is 56.3 Å². The molecule has 1 N–H and O–H groups in total. The maximum atomic E-state index is 15.1. The van der Waals surface area contributed by atoms with E-state index >= 15 is 4.79 Å². The van der Waals surface area contributed by atoms with E-state index in [0.29, 0.717) is 37.9 Å². The van der Waals surface area contributed by atoms with Crippen LogP contribution in [0.5, 0.6) is 0 Å². The molecular formula is C46H43ClF3NO5. The molecule has 290 valence electrons. The van der Waals surface area contributed by atoms with Crippen LogP contribution < -0.4 is 0 Å². The van der Waals surface area contributed by atoms with Gasteiger partial charge in [0, 0.05) is 33.9 Å². The number of carbonyl (C=O) groups excluding carboxylic acids is 2. The number of hydrogen-bond acceptors (Lipinski definition) is 5. The zero-order chi connectivity index (χ0) is 39.0. The average molecular weight is 782 g/mol. The summed E-state index contributed by atoms with van der Waals surface area (Å²) in [5, 5.41) is 13.4. The number of carbonyl (C=O) groups is 2. The van der Waals surface area contributed by atoms with Crippen molar-refractivity contribution in [1.82, 2.24) is 4.90 Å². The van der Waals surface area contributed by atoms with Gasteiger partial charge in [0.1, 0.15) is 11.4 Å². The highest BCUT2D eigenvalue weighted by atomic mass is 35.5. The van der Waals surface area contributed by atoms with Gasteiger partial charge in [0.2, 0.25) is 5.78 Å². The van der Waals surface area contributed by atoms with Gasteiger partial charge in [-0.3, -0.25) is 9.69 Å². The van der Waals surface area contributed by atoms with Crippen LogP contribution in [0.3, 0.4) is 0 Å². The van der Waals surface area contributed by atoms with Gasteiger partial charge < -0.3 is 14.3 Å². The minimum Gasteiger partial charge on any atom is -0.453 e. The molecule has 3 spiro atoms. The van der Waals surface area contributed by atoms with Crippen molar-refractivity contribution >= 4 is 34.2 Å². The molecule has 4 aromatic rings. The van der Waals surface area contributed by atoms with Gasteiger partial charge >= 0.3 is 12.3 Å². The number of allylic oxidation sites excluding steroid dienone is 4. The summed E-state index contributed by atoms with van der Waals surface area (Å²) < 4.78 is 53.8. The number of furan rings is 1. The maximum absolute atomic E-state index is 15.1. The lowest BCUT2D eigenvalue weighted by atomic mass is 9.32. The molecule has 8 atom stereocenters. The summed E-state index contributed by atoms with van der Waals surface area (Å²) in [6.07, 6.45) is 6.22. The Morgan fingerprint density at radius 1 is 0.929 bits per heavy atom. The number of benzene rings is 3. The molecule has 2 bridgehead atoms. The number of ether oxygens (including phenoxy) is 1. The highest BCUT2D eigenvalue weighted by Gasteiger charge is 2.76. The lowest BCUT2D eigenvalue weighted by molar-refractivity contribution is -0.164. The number of aliphatic hydroxyl groups is 1. The Hall–Kier alpha value is -4.34. The summed E-state index contributed by atoms with van der Waals surface area (Å²) in [5.41, 5.74) is -1.88. The van der Waals surface area contributed by atoms with Crippen LogP contribution in [0, 0.1) is 33.5 Å². The van der Waals surface area contributed by atoms with Gasteiger partial charge in [-0.2, -0.15) is 13.2 Å².